The summed E-state index contributed by atoms with van der Waals surface area (Å²) in [4.78, 5) is 37.2. The van der Waals surface area contributed by atoms with Gasteiger partial charge in [0.25, 0.3) is 11.8 Å². The van der Waals surface area contributed by atoms with E-state index in [1.165, 1.54) is 10.7 Å². The first-order valence-corrected chi connectivity index (χ1v) is 14.1. The maximum Gasteiger partial charge on any atom is 0.289 e. The summed E-state index contributed by atoms with van der Waals surface area (Å²) in [5, 5.41) is 6.42. The number of hydrogen-bond donors (Lipinski definition) is 3. The lowest BCUT2D eigenvalue weighted by Gasteiger charge is -2.33. The van der Waals surface area contributed by atoms with E-state index < -0.39 is 90.2 Å². The average Bonchev–Trinajstić information content (AvgIpc) is 3.59. The second-order valence-corrected chi connectivity index (χ2v) is 11.8. The van der Waals surface area contributed by atoms with Crippen LogP contribution in [0.2, 0.25) is 1.41 Å². The number of nitrogens with zero attached hydrogens (tertiary/aromatic N) is 4. The molecule has 1 aromatic carbocycles. The number of halogens is 7. The van der Waals surface area contributed by atoms with Crippen molar-refractivity contribution in [2.75, 3.05) is 6.54 Å². The van der Waals surface area contributed by atoms with Crippen molar-refractivity contribution in [3.8, 4) is 0 Å². The van der Waals surface area contributed by atoms with E-state index in [2.05, 4.69) is 20.1 Å². The second kappa shape index (κ2) is 12.3. The molecule has 242 valence electrons. The Morgan fingerprint density at radius 2 is 1.82 bits per heavy atom. The minimum atomic E-state index is -3.48. The minimum absolute atomic E-state index is 0.00564. The number of alkyl halides is 6. The molecule has 2 heterocycles. The van der Waals surface area contributed by atoms with Gasteiger partial charge in [-0.3, -0.25) is 9.59 Å². The Morgan fingerprint density at radius 3 is 2.41 bits per heavy atom. The average molecular weight is 635 g/mol. The van der Waals surface area contributed by atoms with Crippen molar-refractivity contribution >= 4 is 22.8 Å². The van der Waals surface area contributed by atoms with Crippen molar-refractivity contribution in [3.05, 3.63) is 41.5 Å². The van der Waals surface area contributed by atoms with E-state index in [1.807, 2.05) is 5.32 Å². The summed E-state index contributed by atoms with van der Waals surface area (Å²) >= 11 is 0. The number of imidazole rings is 1. The van der Waals surface area contributed by atoms with Gasteiger partial charge in [-0.05, 0) is 45.6 Å². The number of aromatic amines is 1. The van der Waals surface area contributed by atoms with Crippen LogP contribution in [0, 0.1) is 11.7 Å². The van der Waals surface area contributed by atoms with Crippen molar-refractivity contribution in [1.29, 1.82) is 0 Å². The Balaban J connectivity index is 1.76. The minimum Gasteiger partial charge on any atom is -0.350 e. The highest BCUT2D eigenvalue weighted by atomic mass is 19.3. The molecule has 2 atom stereocenters. The summed E-state index contributed by atoms with van der Waals surface area (Å²) < 4.78 is 109. The van der Waals surface area contributed by atoms with E-state index in [0.717, 1.165) is 12.4 Å². The zero-order chi connectivity index (χ0) is 33.5. The highest BCUT2D eigenvalue weighted by Crippen LogP contribution is 2.42. The number of fused-ring (bicyclic) bond motifs is 1. The van der Waals surface area contributed by atoms with Crippen LogP contribution in [0.4, 0.5) is 30.7 Å². The smallest absolute Gasteiger partial charge is 0.289 e. The summed E-state index contributed by atoms with van der Waals surface area (Å²) in [7, 11) is 0. The largest absolute Gasteiger partial charge is 0.350 e. The van der Waals surface area contributed by atoms with Crippen LogP contribution < -0.4 is 10.6 Å². The predicted octanol–water partition coefficient (Wildman–Crippen LogP) is 6.07. The fourth-order valence-electron chi connectivity index (χ4n) is 5.29. The molecule has 0 saturated heterocycles. The van der Waals surface area contributed by atoms with E-state index in [4.69, 9.17) is 1.41 Å². The molecule has 0 unspecified atom stereocenters. The molecule has 1 aliphatic carbocycles. The summed E-state index contributed by atoms with van der Waals surface area (Å²) in [6, 6.07) is 0.691. The van der Waals surface area contributed by atoms with Gasteiger partial charge in [0.2, 0.25) is 23.6 Å². The van der Waals surface area contributed by atoms with Gasteiger partial charge >= 0.3 is 0 Å². The van der Waals surface area contributed by atoms with E-state index in [1.54, 1.807) is 13.8 Å². The number of nitrogens with one attached hydrogen (secondary N) is 3. The monoisotopic (exact) mass is 634 g/mol. The molecule has 3 N–H and O–H groups in total. The molecule has 3 aromatic rings. The molecule has 9 nitrogen and oxygen atoms in total. The molecule has 0 radical (unpaired) electrons. The van der Waals surface area contributed by atoms with Gasteiger partial charge in [-0.25, -0.2) is 45.4 Å². The number of aromatic nitrogens is 5. The molecule has 2 amide bonds. The van der Waals surface area contributed by atoms with E-state index in [0.29, 0.717) is 19.2 Å². The van der Waals surface area contributed by atoms with Crippen LogP contribution >= 0.6 is 0 Å². The maximum absolute atomic E-state index is 16.0. The Bertz CT molecular complexity index is 1520. The third-order valence-corrected chi connectivity index (χ3v) is 7.47. The zero-order valence-electron chi connectivity index (χ0n) is 25.5. The first kappa shape index (κ1) is 31.7. The van der Waals surface area contributed by atoms with Gasteiger partial charge in [0.15, 0.2) is 7.23 Å². The van der Waals surface area contributed by atoms with Gasteiger partial charge in [-0.1, -0.05) is 6.07 Å². The molecule has 0 aliphatic heterocycles. The van der Waals surface area contributed by atoms with Crippen LogP contribution in [-0.4, -0.2) is 60.9 Å². The molecule has 1 aliphatic rings. The quantitative estimate of drug-likeness (QED) is 0.222. The van der Waals surface area contributed by atoms with Crippen molar-refractivity contribution in [1.82, 2.24) is 35.4 Å². The van der Waals surface area contributed by atoms with Gasteiger partial charge in [-0.15, -0.1) is 0 Å². The van der Waals surface area contributed by atoms with Gasteiger partial charge in [0.1, 0.15) is 17.7 Å². The first-order chi connectivity index (χ1) is 20.8. The number of benzene rings is 1. The lowest BCUT2D eigenvalue weighted by atomic mass is 9.81. The predicted molar refractivity (Wildman–Crippen MR) is 145 cm³/mol. The van der Waals surface area contributed by atoms with Crippen molar-refractivity contribution in [2.45, 2.75) is 95.6 Å². The number of rotatable bonds is 11. The van der Waals surface area contributed by atoms with Crippen molar-refractivity contribution < 1.29 is 41.7 Å². The fraction of sp³-hybridized carbons (Fsp3) is 0.607. The topological polar surface area (TPSA) is 118 Å². The van der Waals surface area contributed by atoms with Crippen LogP contribution in [0.5, 0.6) is 0 Å². The number of amides is 2. The molecule has 44 heavy (non-hydrogen) atoms. The van der Waals surface area contributed by atoms with E-state index in [-0.39, 0.29) is 36.0 Å². The van der Waals surface area contributed by atoms with Crippen molar-refractivity contribution in [3.63, 3.8) is 0 Å². The third kappa shape index (κ3) is 7.86. The van der Waals surface area contributed by atoms with Gasteiger partial charge < -0.3 is 15.6 Å². The van der Waals surface area contributed by atoms with Crippen LogP contribution in [0.15, 0.2) is 18.5 Å². The summed E-state index contributed by atoms with van der Waals surface area (Å²) in [6.45, 7) is 3.33. The lowest BCUT2D eigenvalue weighted by Crippen LogP contribution is -2.39. The third-order valence-electron chi connectivity index (χ3n) is 7.47. The highest BCUT2D eigenvalue weighted by molar-refractivity contribution is 5.91. The number of carbonyl (C=O) groups excluding carboxylic acids is 2. The standard InChI is InChI=1S/C28H34F7N7O2/c1-14(2)42-23(37-13-38-42)25(44)41-20(15-7-9-28(34,35)10-8-15)22-39-18-6-5-16(19(29)21(18)40-22)17(11-26(3,30)31)24(43)36-12-27(4,32)33/h5-6,13-15,17,20H,7-12H2,1-4H3,(H,36,43)(H,39,40)(H,41,44)/t17-,20+/m1/s1/i/hD. The zero-order valence-corrected chi connectivity index (χ0v) is 24.5. The van der Waals surface area contributed by atoms with Crippen molar-refractivity contribution in [2.24, 2.45) is 5.92 Å². The molecule has 16 heteroatoms. The Morgan fingerprint density at radius 1 is 1.16 bits per heavy atom. The molecule has 1 saturated carbocycles. The maximum atomic E-state index is 16.0. The molecular weight excluding hydrogens is 599 g/mol. The molecule has 0 bridgehead atoms. The number of H-pyrrole nitrogens is 1. The van der Waals surface area contributed by atoms with E-state index >= 15 is 4.39 Å². The SMILES string of the molecule is [2H]N(C(=O)c1ncnn1C(C)C)[C@H](c1nc2c(F)c([C@@H](CC(C)(F)F)C(=O)NCC(C)(F)F)ccc2[nH]1)C1CCC(F)(F)CC1. The molecular formula is C28H34F7N7O2. The van der Waals surface area contributed by atoms with Gasteiger partial charge in [0.05, 0.1) is 24.0 Å². The Kier molecular flexibility index (Phi) is 8.89. The molecule has 2 aromatic heterocycles. The molecule has 4 rings (SSSR count). The van der Waals surface area contributed by atoms with Gasteiger partial charge in [-0.2, -0.15) is 5.10 Å². The van der Waals surface area contributed by atoms with Crippen LogP contribution in [0.25, 0.3) is 11.0 Å². The van der Waals surface area contributed by atoms with Crippen LogP contribution in [-0.2, 0) is 4.79 Å². The number of carbonyl (C=O) groups is 2. The second-order valence-electron chi connectivity index (χ2n) is 11.8. The first-order valence-electron chi connectivity index (χ1n) is 14.5. The van der Waals surface area contributed by atoms with Crippen LogP contribution in [0.3, 0.4) is 0 Å². The highest BCUT2D eigenvalue weighted by Gasteiger charge is 2.41. The normalized spacial score (nSPS) is 17.9. The van der Waals surface area contributed by atoms with Crippen LogP contribution in [0.1, 0.15) is 99.8 Å². The fourth-order valence-corrected chi connectivity index (χ4v) is 5.29. The lowest BCUT2D eigenvalue weighted by molar-refractivity contribution is -0.126. The molecule has 1 fully saturated rings. The number of hydrogen-bond acceptors (Lipinski definition) is 5. The Hall–Kier alpha value is -3.72. The summed E-state index contributed by atoms with van der Waals surface area (Å²) in [5.41, 5.74) is -0.958. The molecule has 0 spiro atoms. The van der Waals surface area contributed by atoms with Gasteiger partial charge in [0, 0.05) is 37.8 Å². The summed E-state index contributed by atoms with van der Waals surface area (Å²) in [5.74, 6) is -16.0. The Labute approximate surface area is 249 Å². The van der Waals surface area contributed by atoms with E-state index in [9.17, 15) is 35.9 Å². The summed E-state index contributed by atoms with van der Waals surface area (Å²) in [6.07, 6.45) is -1.30.